The topological polar surface area (TPSA) is 97.0 Å². The number of carbonyl (C=O) groups is 1. The summed E-state index contributed by atoms with van der Waals surface area (Å²) >= 11 is 5.83. The predicted molar refractivity (Wildman–Crippen MR) is 124 cm³/mol. The molecule has 0 aliphatic carbocycles. The van der Waals surface area contributed by atoms with Gasteiger partial charge >= 0.3 is 0 Å². The number of amides is 1. The van der Waals surface area contributed by atoms with Gasteiger partial charge < -0.3 is 14.8 Å². The second-order valence-corrected chi connectivity index (χ2v) is 9.35. The van der Waals surface area contributed by atoms with Crippen molar-refractivity contribution in [1.82, 2.24) is 14.3 Å². The molecule has 0 radical (unpaired) electrons. The third-order valence-electron chi connectivity index (χ3n) is 4.54. The molecule has 2 aromatic carbocycles. The highest BCUT2D eigenvalue weighted by atomic mass is 35.5. The van der Waals surface area contributed by atoms with Gasteiger partial charge in [-0.2, -0.15) is 17.4 Å². The Morgan fingerprint density at radius 3 is 2.58 bits per heavy atom. The number of nitrogens with one attached hydrogen (secondary N) is 2. The molecule has 33 heavy (non-hydrogen) atoms. The maximum Gasteiger partial charge on any atom is 0.279 e. The van der Waals surface area contributed by atoms with E-state index in [4.69, 9.17) is 27.5 Å². The third-order valence-corrected chi connectivity index (χ3v) is 6.32. The molecule has 0 aliphatic rings. The standard InChI is InChI=1S/C22H25ClFN3O5S/c1-5-12-32-19-9-6-15(13-20(19)31-4)10-11-25-22(28)21(26-33(29,30)27(2)3)16-7-8-18(24)17(23)14-16/h1,6-9,13-14,21,26H,10-12H2,2-4H3,(H,25,28). The van der Waals surface area contributed by atoms with E-state index in [1.54, 1.807) is 18.2 Å². The zero-order valence-corrected chi connectivity index (χ0v) is 20.0. The molecule has 1 atom stereocenters. The lowest BCUT2D eigenvalue weighted by atomic mass is 10.1. The molecular weight excluding hydrogens is 473 g/mol. The second kappa shape index (κ2) is 11.9. The number of carbonyl (C=O) groups excluding carboxylic acids is 1. The van der Waals surface area contributed by atoms with Crippen LogP contribution in [0.3, 0.4) is 0 Å². The summed E-state index contributed by atoms with van der Waals surface area (Å²) in [5, 5.41) is 2.46. The van der Waals surface area contributed by atoms with Crippen molar-refractivity contribution in [3.05, 3.63) is 58.4 Å². The average Bonchev–Trinajstić information content (AvgIpc) is 2.78. The van der Waals surface area contributed by atoms with Crippen molar-refractivity contribution in [2.45, 2.75) is 12.5 Å². The van der Waals surface area contributed by atoms with Gasteiger partial charge in [0, 0.05) is 20.6 Å². The minimum absolute atomic E-state index is 0.101. The number of ether oxygens (including phenoxy) is 2. The van der Waals surface area contributed by atoms with E-state index >= 15 is 0 Å². The van der Waals surface area contributed by atoms with Crippen LogP contribution in [-0.4, -0.2) is 53.0 Å². The molecule has 0 saturated heterocycles. The van der Waals surface area contributed by atoms with Crippen LogP contribution in [0.2, 0.25) is 5.02 Å². The SMILES string of the molecule is C#CCOc1ccc(CCNC(=O)C(NS(=O)(=O)N(C)C)c2ccc(F)c(Cl)c2)cc1OC. The van der Waals surface area contributed by atoms with E-state index in [0.717, 1.165) is 15.9 Å². The van der Waals surface area contributed by atoms with Gasteiger partial charge in [-0.25, -0.2) is 4.39 Å². The zero-order chi connectivity index (χ0) is 24.6. The number of benzene rings is 2. The largest absolute Gasteiger partial charge is 0.493 e. The summed E-state index contributed by atoms with van der Waals surface area (Å²) in [6, 6.07) is 7.52. The molecular formula is C22H25ClFN3O5S. The van der Waals surface area contributed by atoms with Gasteiger partial charge in [0.15, 0.2) is 11.5 Å². The molecule has 8 nitrogen and oxygen atoms in total. The van der Waals surface area contributed by atoms with Crippen molar-refractivity contribution in [2.24, 2.45) is 0 Å². The van der Waals surface area contributed by atoms with Gasteiger partial charge in [-0.05, 0) is 41.8 Å². The van der Waals surface area contributed by atoms with E-state index in [1.807, 2.05) is 0 Å². The molecule has 1 unspecified atom stereocenters. The molecule has 0 aromatic heterocycles. The van der Waals surface area contributed by atoms with Gasteiger partial charge in [0.25, 0.3) is 10.2 Å². The Bertz CT molecular complexity index is 1140. The molecule has 11 heteroatoms. The molecule has 0 aliphatic heterocycles. The number of halogens is 2. The van der Waals surface area contributed by atoms with Gasteiger partial charge in [-0.15, -0.1) is 6.42 Å². The number of methoxy groups -OCH3 is 1. The van der Waals surface area contributed by atoms with Gasteiger partial charge in [0.1, 0.15) is 18.5 Å². The highest BCUT2D eigenvalue weighted by Crippen LogP contribution is 2.28. The van der Waals surface area contributed by atoms with Crippen LogP contribution in [0.5, 0.6) is 11.5 Å². The Balaban J connectivity index is 2.14. The van der Waals surface area contributed by atoms with Crippen molar-refractivity contribution in [2.75, 3.05) is 34.4 Å². The van der Waals surface area contributed by atoms with Crippen LogP contribution >= 0.6 is 11.6 Å². The normalized spacial score (nSPS) is 12.2. The summed E-state index contributed by atoms with van der Waals surface area (Å²) in [7, 11) is 0.165. The summed E-state index contributed by atoms with van der Waals surface area (Å²) in [5.74, 6) is 2.06. The van der Waals surface area contributed by atoms with E-state index in [9.17, 15) is 17.6 Å². The van der Waals surface area contributed by atoms with Gasteiger partial charge in [-0.1, -0.05) is 29.7 Å². The highest BCUT2D eigenvalue weighted by molar-refractivity contribution is 7.87. The fourth-order valence-corrected chi connectivity index (χ4v) is 3.70. The fraction of sp³-hybridized carbons (Fsp3) is 0.318. The number of hydrogen-bond acceptors (Lipinski definition) is 5. The minimum Gasteiger partial charge on any atom is -0.493 e. The average molecular weight is 498 g/mol. The first-order valence-electron chi connectivity index (χ1n) is 9.74. The van der Waals surface area contributed by atoms with Gasteiger partial charge in [-0.3, -0.25) is 4.79 Å². The smallest absolute Gasteiger partial charge is 0.279 e. The zero-order valence-electron chi connectivity index (χ0n) is 18.4. The van der Waals surface area contributed by atoms with Crippen LogP contribution in [0.1, 0.15) is 17.2 Å². The Kier molecular flexibility index (Phi) is 9.49. The van der Waals surface area contributed by atoms with Crippen molar-refractivity contribution in [3.8, 4) is 23.8 Å². The molecule has 0 spiro atoms. The van der Waals surface area contributed by atoms with Crippen LogP contribution in [0.25, 0.3) is 0 Å². The van der Waals surface area contributed by atoms with E-state index in [1.165, 1.54) is 33.3 Å². The fourth-order valence-electron chi connectivity index (χ4n) is 2.76. The first-order chi connectivity index (χ1) is 15.6. The molecule has 2 N–H and O–H groups in total. The summed E-state index contributed by atoms with van der Waals surface area (Å²) in [5.41, 5.74) is 1.04. The van der Waals surface area contributed by atoms with Crippen LogP contribution in [-0.2, 0) is 21.4 Å². The molecule has 2 rings (SSSR count). The minimum atomic E-state index is -3.97. The van der Waals surface area contributed by atoms with E-state index in [0.29, 0.717) is 17.9 Å². The first kappa shape index (κ1) is 26.4. The number of nitrogens with zero attached hydrogens (tertiary/aromatic N) is 1. The van der Waals surface area contributed by atoms with Crippen LogP contribution in [0, 0.1) is 18.2 Å². The van der Waals surface area contributed by atoms with Gasteiger partial charge in [0.2, 0.25) is 5.91 Å². The summed E-state index contributed by atoms with van der Waals surface area (Å²) in [6.07, 6.45) is 5.63. The molecule has 1 amide bonds. The second-order valence-electron chi connectivity index (χ2n) is 7.03. The quantitative estimate of drug-likeness (QED) is 0.464. The number of hydrogen-bond donors (Lipinski definition) is 2. The van der Waals surface area contributed by atoms with Crippen molar-refractivity contribution < 1.29 is 27.1 Å². The third kappa shape index (κ3) is 7.33. The van der Waals surface area contributed by atoms with Crippen molar-refractivity contribution in [1.29, 1.82) is 0 Å². The molecule has 0 bridgehead atoms. The molecule has 2 aromatic rings. The molecule has 178 valence electrons. The lowest BCUT2D eigenvalue weighted by Gasteiger charge is -2.21. The predicted octanol–water partition coefficient (Wildman–Crippen LogP) is 2.30. The summed E-state index contributed by atoms with van der Waals surface area (Å²) < 4.78 is 52.2. The lowest BCUT2D eigenvalue weighted by Crippen LogP contribution is -2.45. The van der Waals surface area contributed by atoms with Crippen LogP contribution in [0.4, 0.5) is 4.39 Å². The maximum atomic E-state index is 13.6. The summed E-state index contributed by atoms with van der Waals surface area (Å²) in [4.78, 5) is 12.9. The van der Waals surface area contributed by atoms with Crippen LogP contribution < -0.4 is 19.5 Å². The van der Waals surface area contributed by atoms with Crippen LogP contribution in [0.15, 0.2) is 36.4 Å². The van der Waals surface area contributed by atoms with E-state index in [2.05, 4.69) is 16.0 Å². The van der Waals surface area contributed by atoms with Crippen molar-refractivity contribution >= 4 is 27.7 Å². The molecule has 0 saturated carbocycles. The number of terminal acetylenes is 1. The molecule has 0 heterocycles. The maximum absolute atomic E-state index is 13.6. The summed E-state index contributed by atoms with van der Waals surface area (Å²) in [6.45, 7) is 0.297. The monoisotopic (exact) mass is 497 g/mol. The Morgan fingerprint density at radius 2 is 1.97 bits per heavy atom. The van der Waals surface area contributed by atoms with Crippen molar-refractivity contribution in [3.63, 3.8) is 0 Å². The Morgan fingerprint density at radius 1 is 1.24 bits per heavy atom. The Labute approximate surface area is 198 Å². The van der Waals surface area contributed by atoms with E-state index < -0.39 is 28.0 Å². The Hall–Kier alpha value is -2.84. The number of rotatable bonds is 11. The first-order valence-corrected chi connectivity index (χ1v) is 11.6. The van der Waals surface area contributed by atoms with Gasteiger partial charge in [0.05, 0.1) is 12.1 Å². The lowest BCUT2D eigenvalue weighted by molar-refractivity contribution is -0.122. The van der Waals surface area contributed by atoms with E-state index in [-0.39, 0.29) is 23.7 Å². The highest BCUT2D eigenvalue weighted by Gasteiger charge is 2.28. The molecule has 0 fully saturated rings.